The summed E-state index contributed by atoms with van der Waals surface area (Å²) in [5.74, 6) is 1.60. The lowest BCUT2D eigenvalue weighted by molar-refractivity contribution is 0.252. The summed E-state index contributed by atoms with van der Waals surface area (Å²) in [6.07, 6.45) is 3.78. The Morgan fingerprint density at radius 3 is 3.00 bits per heavy atom. The minimum Gasteiger partial charge on any atom is -0.316 e. The summed E-state index contributed by atoms with van der Waals surface area (Å²) < 4.78 is 0. The molecular weight excluding hydrogens is 198 g/mol. The maximum absolute atomic E-state index is 4.15. The molecule has 88 valence electrons. The SMILES string of the molecule is CC1CNCC1CN(C)Cc1cccnc1. The predicted molar refractivity (Wildman–Crippen MR) is 66.1 cm³/mol. The van der Waals surface area contributed by atoms with Crippen LogP contribution in [0.1, 0.15) is 12.5 Å². The number of nitrogens with zero attached hydrogens (tertiary/aromatic N) is 2. The predicted octanol–water partition coefficient (Wildman–Crippen LogP) is 1.37. The van der Waals surface area contributed by atoms with E-state index in [9.17, 15) is 0 Å². The first kappa shape index (κ1) is 11.6. The van der Waals surface area contributed by atoms with E-state index in [0.717, 1.165) is 18.4 Å². The van der Waals surface area contributed by atoms with Crippen molar-refractivity contribution in [3.63, 3.8) is 0 Å². The van der Waals surface area contributed by atoms with Crippen LogP contribution in [0, 0.1) is 11.8 Å². The van der Waals surface area contributed by atoms with Gasteiger partial charge in [-0.05, 0) is 43.6 Å². The largest absolute Gasteiger partial charge is 0.316 e. The van der Waals surface area contributed by atoms with Crippen molar-refractivity contribution in [1.29, 1.82) is 0 Å². The quantitative estimate of drug-likeness (QED) is 0.829. The van der Waals surface area contributed by atoms with Gasteiger partial charge < -0.3 is 10.2 Å². The van der Waals surface area contributed by atoms with E-state index in [1.165, 1.54) is 25.2 Å². The second-order valence-corrected chi connectivity index (χ2v) is 4.95. The molecular formula is C13H21N3. The molecule has 0 bridgehead atoms. The first-order valence-electron chi connectivity index (χ1n) is 6.04. The topological polar surface area (TPSA) is 28.2 Å². The third-order valence-corrected chi connectivity index (χ3v) is 3.40. The van der Waals surface area contributed by atoms with Crippen molar-refractivity contribution in [3.05, 3.63) is 30.1 Å². The van der Waals surface area contributed by atoms with E-state index >= 15 is 0 Å². The number of pyridine rings is 1. The fraction of sp³-hybridized carbons (Fsp3) is 0.615. The van der Waals surface area contributed by atoms with Crippen LogP contribution in [0.5, 0.6) is 0 Å². The minimum absolute atomic E-state index is 0.793. The van der Waals surface area contributed by atoms with E-state index in [1.807, 2.05) is 18.5 Å². The second-order valence-electron chi connectivity index (χ2n) is 4.95. The summed E-state index contributed by atoms with van der Waals surface area (Å²) in [5, 5.41) is 3.45. The zero-order chi connectivity index (χ0) is 11.4. The van der Waals surface area contributed by atoms with Crippen LogP contribution < -0.4 is 5.32 Å². The molecule has 1 fully saturated rings. The molecule has 0 aliphatic carbocycles. The molecule has 3 nitrogen and oxygen atoms in total. The van der Waals surface area contributed by atoms with Crippen LogP contribution >= 0.6 is 0 Å². The van der Waals surface area contributed by atoms with Gasteiger partial charge >= 0.3 is 0 Å². The molecule has 0 saturated carbocycles. The Balaban J connectivity index is 1.82. The van der Waals surface area contributed by atoms with Crippen LogP contribution in [0.25, 0.3) is 0 Å². The van der Waals surface area contributed by atoms with Gasteiger partial charge in [0.05, 0.1) is 0 Å². The van der Waals surface area contributed by atoms with Crippen molar-refractivity contribution in [2.24, 2.45) is 11.8 Å². The molecule has 1 N–H and O–H groups in total. The highest BCUT2D eigenvalue weighted by atomic mass is 15.1. The highest BCUT2D eigenvalue weighted by Crippen LogP contribution is 2.17. The number of nitrogens with one attached hydrogen (secondary N) is 1. The Kier molecular flexibility index (Phi) is 3.91. The van der Waals surface area contributed by atoms with Gasteiger partial charge in [0.2, 0.25) is 0 Å². The molecule has 2 atom stereocenters. The third kappa shape index (κ3) is 3.03. The van der Waals surface area contributed by atoms with Crippen LogP contribution in [-0.4, -0.2) is 36.6 Å². The Bertz CT molecular complexity index is 312. The Morgan fingerprint density at radius 1 is 1.50 bits per heavy atom. The van der Waals surface area contributed by atoms with E-state index in [2.05, 4.69) is 35.2 Å². The average molecular weight is 219 g/mol. The Morgan fingerprint density at radius 2 is 2.38 bits per heavy atom. The molecule has 2 rings (SSSR count). The van der Waals surface area contributed by atoms with Crippen molar-refractivity contribution in [1.82, 2.24) is 15.2 Å². The fourth-order valence-electron chi connectivity index (χ4n) is 2.38. The van der Waals surface area contributed by atoms with Crippen LogP contribution in [0.2, 0.25) is 0 Å². The second kappa shape index (κ2) is 5.41. The molecule has 0 radical (unpaired) electrons. The summed E-state index contributed by atoms with van der Waals surface area (Å²) in [4.78, 5) is 6.54. The molecule has 1 aromatic rings. The molecule has 2 heterocycles. The maximum atomic E-state index is 4.15. The summed E-state index contributed by atoms with van der Waals surface area (Å²) in [6.45, 7) is 6.84. The number of aromatic nitrogens is 1. The fourth-order valence-corrected chi connectivity index (χ4v) is 2.38. The van der Waals surface area contributed by atoms with Crippen molar-refractivity contribution < 1.29 is 0 Å². The van der Waals surface area contributed by atoms with E-state index in [0.29, 0.717) is 0 Å². The highest BCUT2D eigenvalue weighted by Gasteiger charge is 2.23. The molecule has 2 unspecified atom stereocenters. The van der Waals surface area contributed by atoms with Gasteiger partial charge in [0.25, 0.3) is 0 Å². The minimum atomic E-state index is 0.793. The van der Waals surface area contributed by atoms with Gasteiger partial charge in [-0.2, -0.15) is 0 Å². The van der Waals surface area contributed by atoms with E-state index in [-0.39, 0.29) is 0 Å². The number of rotatable bonds is 4. The lowest BCUT2D eigenvalue weighted by atomic mass is 9.98. The van der Waals surface area contributed by atoms with Gasteiger partial charge in [0.1, 0.15) is 0 Å². The standard InChI is InChI=1S/C13H21N3/c1-11-6-15-8-13(11)10-16(2)9-12-4-3-5-14-7-12/h3-5,7,11,13,15H,6,8-10H2,1-2H3. The van der Waals surface area contributed by atoms with E-state index in [4.69, 9.17) is 0 Å². The van der Waals surface area contributed by atoms with Crippen LogP contribution in [0.3, 0.4) is 0 Å². The van der Waals surface area contributed by atoms with Gasteiger partial charge in [-0.15, -0.1) is 0 Å². The number of hydrogen-bond donors (Lipinski definition) is 1. The number of hydrogen-bond acceptors (Lipinski definition) is 3. The zero-order valence-electron chi connectivity index (χ0n) is 10.2. The van der Waals surface area contributed by atoms with Gasteiger partial charge in [-0.25, -0.2) is 0 Å². The lowest BCUT2D eigenvalue weighted by Gasteiger charge is -2.22. The summed E-state index contributed by atoms with van der Waals surface area (Å²) in [6, 6.07) is 4.14. The smallest absolute Gasteiger partial charge is 0.0312 e. The lowest BCUT2D eigenvalue weighted by Crippen LogP contribution is -2.28. The van der Waals surface area contributed by atoms with Crippen molar-refractivity contribution >= 4 is 0 Å². The molecule has 0 aromatic carbocycles. The normalized spacial score (nSPS) is 25.2. The Hall–Kier alpha value is -0.930. The molecule has 16 heavy (non-hydrogen) atoms. The van der Waals surface area contributed by atoms with Crippen molar-refractivity contribution in [3.8, 4) is 0 Å². The first-order chi connectivity index (χ1) is 7.75. The molecule has 1 aliphatic rings. The average Bonchev–Trinajstić information content (AvgIpc) is 2.66. The monoisotopic (exact) mass is 219 g/mol. The van der Waals surface area contributed by atoms with Crippen LogP contribution in [-0.2, 0) is 6.54 Å². The molecule has 0 amide bonds. The maximum Gasteiger partial charge on any atom is 0.0312 e. The van der Waals surface area contributed by atoms with Gasteiger partial charge in [-0.1, -0.05) is 13.0 Å². The third-order valence-electron chi connectivity index (χ3n) is 3.40. The summed E-state index contributed by atoms with van der Waals surface area (Å²) in [7, 11) is 2.19. The van der Waals surface area contributed by atoms with Crippen molar-refractivity contribution in [2.75, 3.05) is 26.7 Å². The van der Waals surface area contributed by atoms with Crippen LogP contribution in [0.4, 0.5) is 0 Å². The first-order valence-corrected chi connectivity index (χ1v) is 6.04. The summed E-state index contributed by atoms with van der Waals surface area (Å²) >= 11 is 0. The molecule has 1 saturated heterocycles. The zero-order valence-corrected chi connectivity index (χ0v) is 10.2. The molecule has 1 aromatic heterocycles. The van der Waals surface area contributed by atoms with Gasteiger partial charge in [-0.3, -0.25) is 4.98 Å². The van der Waals surface area contributed by atoms with Crippen molar-refractivity contribution in [2.45, 2.75) is 13.5 Å². The summed E-state index contributed by atoms with van der Waals surface area (Å²) in [5.41, 5.74) is 1.30. The van der Waals surface area contributed by atoms with E-state index < -0.39 is 0 Å². The van der Waals surface area contributed by atoms with E-state index in [1.54, 1.807) is 0 Å². The van der Waals surface area contributed by atoms with Gasteiger partial charge in [0, 0.05) is 25.5 Å². The Labute approximate surface area is 97.9 Å². The van der Waals surface area contributed by atoms with Crippen LogP contribution in [0.15, 0.2) is 24.5 Å². The highest BCUT2D eigenvalue weighted by molar-refractivity contribution is 5.07. The molecule has 3 heteroatoms. The molecule has 0 spiro atoms. The van der Waals surface area contributed by atoms with Gasteiger partial charge in [0.15, 0.2) is 0 Å². The molecule has 1 aliphatic heterocycles.